The molecule has 15 heavy (non-hydrogen) atoms. The Morgan fingerprint density at radius 3 is 2.73 bits per heavy atom. The molecule has 3 nitrogen and oxygen atoms in total. The van der Waals surface area contributed by atoms with Crippen LogP contribution in [-0.4, -0.2) is 16.4 Å². The van der Waals surface area contributed by atoms with Gasteiger partial charge in [-0.3, -0.25) is 0 Å². The van der Waals surface area contributed by atoms with Crippen molar-refractivity contribution in [3.63, 3.8) is 0 Å². The first-order chi connectivity index (χ1) is 7.33. The number of para-hydroxylation sites is 1. The standard InChI is InChI=1S/C11H11IN2O/c1-2-15-11-10(12)8-13-14(11)9-6-4-3-5-7-9/h3-8H,2H2,1H3. The van der Waals surface area contributed by atoms with Crippen LogP contribution in [0.4, 0.5) is 0 Å². The number of nitrogens with zero attached hydrogens (tertiary/aromatic N) is 2. The summed E-state index contributed by atoms with van der Waals surface area (Å²) >= 11 is 2.22. The first-order valence-electron chi connectivity index (χ1n) is 4.74. The van der Waals surface area contributed by atoms with Crippen molar-refractivity contribution < 1.29 is 4.74 Å². The minimum atomic E-state index is 0.647. The Hall–Kier alpha value is -1.04. The maximum absolute atomic E-state index is 5.56. The lowest BCUT2D eigenvalue weighted by atomic mass is 10.3. The highest BCUT2D eigenvalue weighted by molar-refractivity contribution is 14.1. The molecule has 1 aromatic carbocycles. The topological polar surface area (TPSA) is 27.1 Å². The van der Waals surface area contributed by atoms with Gasteiger partial charge in [0.05, 0.1) is 22.1 Å². The molecule has 0 unspecified atom stereocenters. The largest absolute Gasteiger partial charge is 0.477 e. The Kier molecular flexibility index (Phi) is 3.25. The van der Waals surface area contributed by atoms with Crippen molar-refractivity contribution >= 4 is 22.6 Å². The predicted molar refractivity (Wildman–Crippen MR) is 67.5 cm³/mol. The summed E-state index contributed by atoms with van der Waals surface area (Å²) in [5.74, 6) is 0.810. The molecule has 78 valence electrons. The van der Waals surface area contributed by atoms with E-state index in [1.807, 2.05) is 41.9 Å². The molecule has 2 rings (SSSR count). The molecule has 1 heterocycles. The third-order valence-electron chi connectivity index (χ3n) is 1.97. The fraction of sp³-hybridized carbons (Fsp3) is 0.182. The van der Waals surface area contributed by atoms with Crippen LogP contribution in [0.25, 0.3) is 5.69 Å². The summed E-state index contributed by atoms with van der Waals surface area (Å²) in [6, 6.07) is 9.97. The lowest BCUT2D eigenvalue weighted by molar-refractivity contribution is 0.314. The molecule has 0 saturated heterocycles. The van der Waals surface area contributed by atoms with Crippen LogP contribution in [0.15, 0.2) is 36.5 Å². The molecule has 4 heteroatoms. The molecule has 0 N–H and O–H groups in total. The quantitative estimate of drug-likeness (QED) is 0.815. The third-order valence-corrected chi connectivity index (χ3v) is 2.70. The predicted octanol–water partition coefficient (Wildman–Crippen LogP) is 2.88. The maximum Gasteiger partial charge on any atom is 0.230 e. The Balaban J connectivity index is 2.44. The summed E-state index contributed by atoms with van der Waals surface area (Å²) in [6.07, 6.45) is 1.80. The second-order valence-electron chi connectivity index (χ2n) is 2.98. The lowest BCUT2D eigenvalue weighted by Gasteiger charge is -2.07. The summed E-state index contributed by atoms with van der Waals surface area (Å²) in [4.78, 5) is 0. The third kappa shape index (κ3) is 2.14. The van der Waals surface area contributed by atoms with Gasteiger partial charge in [0, 0.05) is 0 Å². The molecule has 0 aliphatic heterocycles. The highest BCUT2D eigenvalue weighted by Crippen LogP contribution is 2.23. The van der Waals surface area contributed by atoms with E-state index in [2.05, 4.69) is 27.7 Å². The average molecular weight is 314 g/mol. The zero-order chi connectivity index (χ0) is 10.7. The molecule has 0 aliphatic rings. The van der Waals surface area contributed by atoms with Gasteiger partial charge in [-0.05, 0) is 41.6 Å². The van der Waals surface area contributed by atoms with E-state index in [0.717, 1.165) is 15.1 Å². The molecule has 0 aliphatic carbocycles. The number of ether oxygens (including phenoxy) is 1. The Morgan fingerprint density at radius 1 is 1.33 bits per heavy atom. The molecule has 1 aromatic heterocycles. The molecule has 2 aromatic rings. The fourth-order valence-corrected chi connectivity index (χ4v) is 1.85. The van der Waals surface area contributed by atoms with Gasteiger partial charge >= 0.3 is 0 Å². The Bertz CT molecular complexity index is 439. The number of rotatable bonds is 3. The van der Waals surface area contributed by atoms with Gasteiger partial charge in [-0.25, -0.2) is 4.68 Å². The van der Waals surface area contributed by atoms with Gasteiger partial charge in [0.2, 0.25) is 5.88 Å². The van der Waals surface area contributed by atoms with Gasteiger partial charge < -0.3 is 4.74 Å². The Labute approximate surface area is 102 Å². The van der Waals surface area contributed by atoms with E-state index in [1.54, 1.807) is 6.20 Å². The van der Waals surface area contributed by atoms with Crippen molar-refractivity contribution in [1.82, 2.24) is 9.78 Å². The van der Waals surface area contributed by atoms with Crippen LogP contribution in [0.1, 0.15) is 6.92 Å². The van der Waals surface area contributed by atoms with Crippen molar-refractivity contribution in [2.75, 3.05) is 6.61 Å². The van der Waals surface area contributed by atoms with Crippen LogP contribution in [0, 0.1) is 3.57 Å². The van der Waals surface area contributed by atoms with E-state index >= 15 is 0 Å². The summed E-state index contributed by atoms with van der Waals surface area (Å²) < 4.78 is 8.39. The number of hydrogen-bond acceptors (Lipinski definition) is 2. The van der Waals surface area contributed by atoms with E-state index in [9.17, 15) is 0 Å². The van der Waals surface area contributed by atoms with Crippen LogP contribution < -0.4 is 4.74 Å². The maximum atomic E-state index is 5.56. The van der Waals surface area contributed by atoms with Crippen LogP contribution in [0.3, 0.4) is 0 Å². The SMILES string of the molecule is CCOc1c(I)cnn1-c1ccccc1. The van der Waals surface area contributed by atoms with Crippen molar-refractivity contribution in [2.45, 2.75) is 6.92 Å². The van der Waals surface area contributed by atoms with Gasteiger partial charge in [0.15, 0.2) is 0 Å². The molecule has 0 bridgehead atoms. The first-order valence-corrected chi connectivity index (χ1v) is 5.82. The van der Waals surface area contributed by atoms with Gasteiger partial charge in [0.1, 0.15) is 0 Å². The molecule has 0 fully saturated rings. The molecule has 0 amide bonds. The fourth-order valence-electron chi connectivity index (χ4n) is 1.34. The summed E-state index contributed by atoms with van der Waals surface area (Å²) in [6.45, 7) is 2.62. The molecule has 0 saturated carbocycles. The zero-order valence-electron chi connectivity index (χ0n) is 8.35. The number of hydrogen-bond donors (Lipinski definition) is 0. The first kappa shape index (κ1) is 10.5. The van der Waals surface area contributed by atoms with Crippen molar-refractivity contribution in [3.8, 4) is 11.6 Å². The van der Waals surface area contributed by atoms with Crippen LogP contribution in [-0.2, 0) is 0 Å². The molecular formula is C11H11IN2O. The van der Waals surface area contributed by atoms with Crippen molar-refractivity contribution in [1.29, 1.82) is 0 Å². The van der Waals surface area contributed by atoms with Crippen molar-refractivity contribution in [3.05, 3.63) is 40.1 Å². The lowest BCUT2D eigenvalue weighted by Crippen LogP contribution is -2.02. The highest BCUT2D eigenvalue weighted by Gasteiger charge is 2.10. The Morgan fingerprint density at radius 2 is 2.07 bits per heavy atom. The van der Waals surface area contributed by atoms with E-state index in [4.69, 9.17) is 4.74 Å². The second-order valence-corrected chi connectivity index (χ2v) is 4.14. The van der Waals surface area contributed by atoms with E-state index in [1.165, 1.54) is 0 Å². The normalized spacial score (nSPS) is 10.3. The minimum Gasteiger partial charge on any atom is -0.477 e. The van der Waals surface area contributed by atoms with Gasteiger partial charge in [-0.15, -0.1) is 0 Å². The minimum absolute atomic E-state index is 0.647. The van der Waals surface area contributed by atoms with Crippen molar-refractivity contribution in [2.24, 2.45) is 0 Å². The van der Waals surface area contributed by atoms with Crippen LogP contribution >= 0.6 is 22.6 Å². The molecule has 0 spiro atoms. The monoisotopic (exact) mass is 314 g/mol. The second kappa shape index (κ2) is 4.65. The van der Waals surface area contributed by atoms with Gasteiger partial charge in [0.25, 0.3) is 0 Å². The summed E-state index contributed by atoms with van der Waals surface area (Å²) in [7, 11) is 0. The summed E-state index contributed by atoms with van der Waals surface area (Å²) in [5.41, 5.74) is 1.02. The zero-order valence-corrected chi connectivity index (χ0v) is 10.5. The number of halogens is 1. The number of benzene rings is 1. The summed E-state index contributed by atoms with van der Waals surface area (Å²) in [5, 5.41) is 4.29. The van der Waals surface area contributed by atoms with Gasteiger partial charge in [-0.1, -0.05) is 18.2 Å². The van der Waals surface area contributed by atoms with Crippen LogP contribution in [0.5, 0.6) is 5.88 Å². The van der Waals surface area contributed by atoms with E-state index in [-0.39, 0.29) is 0 Å². The highest BCUT2D eigenvalue weighted by atomic mass is 127. The molecular weight excluding hydrogens is 303 g/mol. The average Bonchev–Trinajstić information content (AvgIpc) is 2.63. The van der Waals surface area contributed by atoms with Crippen LogP contribution in [0.2, 0.25) is 0 Å². The van der Waals surface area contributed by atoms with E-state index < -0.39 is 0 Å². The smallest absolute Gasteiger partial charge is 0.230 e. The number of aromatic nitrogens is 2. The molecule has 0 atom stereocenters. The molecule has 0 radical (unpaired) electrons. The van der Waals surface area contributed by atoms with Gasteiger partial charge in [-0.2, -0.15) is 5.10 Å². The van der Waals surface area contributed by atoms with E-state index in [0.29, 0.717) is 6.61 Å².